The first-order valence-electron chi connectivity index (χ1n) is 5.10. The van der Waals surface area contributed by atoms with Gasteiger partial charge in [-0.15, -0.1) is 0 Å². The zero-order valence-corrected chi connectivity index (χ0v) is 9.73. The number of hydrazone groups is 1. The molecular formula is C12H16N2O2. The molecule has 0 bridgehead atoms. The average molecular weight is 220 g/mol. The van der Waals surface area contributed by atoms with E-state index >= 15 is 0 Å². The molecule has 0 aliphatic rings. The minimum absolute atomic E-state index is 0.0620. The summed E-state index contributed by atoms with van der Waals surface area (Å²) in [6.45, 7) is 3.64. The standard InChI is InChI=1S/C12H16N2O2/c1-9(2)12(15)14-13-8-10-4-6-11(16-3)7-5-10/h4-9H,1-3H3,(H,14,15)/b13-8+. The van der Waals surface area contributed by atoms with Crippen LogP contribution in [0.15, 0.2) is 29.4 Å². The van der Waals surface area contributed by atoms with Gasteiger partial charge >= 0.3 is 0 Å². The Bertz CT molecular complexity index is 369. The lowest BCUT2D eigenvalue weighted by molar-refractivity contribution is -0.123. The number of ether oxygens (including phenoxy) is 1. The molecule has 0 aromatic heterocycles. The number of amides is 1. The van der Waals surface area contributed by atoms with Crippen LogP contribution in [0.5, 0.6) is 5.75 Å². The minimum atomic E-state index is -0.0928. The van der Waals surface area contributed by atoms with Gasteiger partial charge in [-0.3, -0.25) is 4.79 Å². The van der Waals surface area contributed by atoms with Gasteiger partial charge in [0, 0.05) is 5.92 Å². The SMILES string of the molecule is COc1ccc(/C=N/NC(=O)C(C)C)cc1. The summed E-state index contributed by atoms with van der Waals surface area (Å²) in [6, 6.07) is 7.41. The van der Waals surface area contributed by atoms with Crippen molar-refractivity contribution in [2.75, 3.05) is 7.11 Å². The van der Waals surface area contributed by atoms with E-state index in [1.807, 2.05) is 38.1 Å². The summed E-state index contributed by atoms with van der Waals surface area (Å²) in [5.74, 6) is 0.640. The summed E-state index contributed by atoms with van der Waals surface area (Å²) < 4.78 is 5.03. The van der Waals surface area contributed by atoms with Crippen LogP contribution >= 0.6 is 0 Å². The van der Waals surface area contributed by atoms with E-state index < -0.39 is 0 Å². The second-order valence-electron chi connectivity index (χ2n) is 3.66. The molecule has 0 atom stereocenters. The first-order valence-corrected chi connectivity index (χ1v) is 5.10. The van der Waals surface area contributed by atoms with Gasteiger partial charge < -0.3 is 4.74 Å². The van der Waals surface area contributed by atoms with Gasteiger partial charge in [0.2, 0.25) is 5.91 Å². The lowest BCUT2D eigenvalue weighted by atomic mass is 10.2. The third-order valence-corrected chi connectivity index (χ3v) is 2.03. The topological polar surface area (TPSA) is 50.7 Å². The normalized spacial score (nSPS) is 10.8. The Balaban J connectivity index is 2.53. The van der Waals surface area contributed by atoms with Crippen molar-refractivity contribution in [2.24, 2.45) is 11.0 Å². The fourth-order valence-corrected chi connectivity index (χ4v) is 0.990. The molecule has 4 nitrogen and oxygen atoms in total. The molecule has 0 heterocycles. The number of methoxy groups -OCH3 is 1. The number of nitrogens with zero attached hydrogens (tertiary/aromatic N) is 1. The average Bonchev–Trinajstić information content (AvgIpc) is 2.29. The second kappa shape index (κ2) is 5.90. The van der Waals surface area contributed by atoms with Crippen molar-refractivity contribution in [3.05, 3.63) is 29.8 Å². The summed E-state index contributed by atoms with van der Waals surface area (Å²) in [5, 5.41) is 3.85. The van der Waals surface area contributed by atoms with Crippen LogP contribution in [-0.4, -0.2) is 19.2 Å². The predicted octanol–water partition coefficient (Wildman–Crippen LogP) is 1.80. The first kappa shape index (κ1) is 12.2. The number of carbonyl (C=O) groups excluding carboxylic acids is 1. The molecule has 1 rings (SSSR count). The van der Waals surface area contributed by atoms with Crippen molar-refractivity contribution >= 4 is 12.1 Å². The van der Waals surface area contributed by atoms with Gasteiger partial charge in [0.05, 0.1) is 13.3 Å². The van der Waals surface area contributed by atoms with E-state index in [-0.39, 0.29) is 11.8 Å². The number of rotatable bonds is 4. The second-order valence-corrected chi connectivity index (χ2v) is 3.66. The van der Waals surface area contributed by atoms with Crippen LogP contribution in [0, 0.1) is 5.92 Å². The van der Waals surface area contributed by atoms with Gasteiger partial charge in [-0.05, 0) is 29.8 Å². The molecule has 86 valence electrons. The van der Waals surface area contributed by atoms with Crippen LogP contribution in [-0.2, 0) is 4.79 Å². The Morgan fingerprint density at radius 3 is 2.50 bits per heavy atom. The zero-order valence-electron chi connectivity index (χ0n) is 9.73. The summed E-state index contributed by atoms with van der Waals surface area (Å²) in [5.41, 5.74) is 3.37. The van der Waals surface area contributed by atoms with Crippen molar-refractivity contribution in [3.8, 4) is 5.75 Å². The van der Waals surface area contributed by atoms with Crippen molar-refractivity contribution in [2.45, 2.75) is 13.8 Å². The summed E-state index contributed by atoms with van der Waals surface area (Å²) in [4.78, 5) is 11.2. The van der Waals surface area contributed by atoms with Crippen LogP contribution in [0.4, 0.5) is 0 Å². The Labute approximate surface area is 95.3 Å². The van der Waals surface area contributed by atoms with E-state index in [0.717, 1.165) is 11.3 Å². The Hall–Kier alpha value is -1.84. The third-order valence-electron chi connectivity index (χ3n) is 2.03. The maximum Gasteiger partial charge on any atom is 0.242 e. The fourth-order valence-electron chi connectivity index (χ4n) is 0.990. The van der Waals surface area contributed by atoms with Crippen LogP contribution in [0.1, 0.15) is 19.4 Å². The molecule has 0 saturated heterocycles. The van der Waals surface area contributed by atoms with Crippen LogP contribution in [0.2, 0.25) is 0 Å². The zero-order chi connectivity index (χ0) is 12.0. The Kier molecular flexibility index (Phi) is 4.51. The highest BCUT2D eigenvalue weighted by Crippen LogP contribution is 2.09. The smallest absolute Gasteiger partial charge is 0.242 e. The quantitative estimate of drug-likeness (QED) is 0.621. The molecule has 0 fully saturated rings. The highest BCUT2D eigenvalue weighted by atomic mass is 16.5. The summed E-state index contributed by atoms with van der Waals surface area (Å²) in [7, 11) is 1.62. The number of hydrogen-bond acceptors (Lipinski definition) is 3. The van der Waals surface area contributed by atoms with Crippen molar-refractivity contribution in [1.29, 1.82) is 0 Å². The molecule has 0 aliphatic heterocycles. The maximum absolute atomic E-state index is 11.2. The molecule has 0 saturated carbocycles. The van der Waals surface area contributed by atoms with Gasteiger partial charge in [0.15, 0.2) is 0 Å². The molecule has 4 heteroatoms. The van der Waals surface area contributed by atoms with E-state index in [1.54, 1.807) is 13.3 Å². The van der Waals surface area contributed by atoms with E-state index in [1.165, 1.54) is 0 Å². The van der Waals surface area contributed by atoms with Crippen LogP contribution < -0.4 is 10.2 Å². The minimum Gasteiger partial charge on any atom is -0.497 e. The molecule has 16 heavy (non-hydrogen) atoms. The highest BCUT2D eigenvalue weighted by molar-refractivity contribution is 5.83. The number of benzene rings is 1. The number of carbonyl (C=O) groups is 1. The summed E-state index contributed by atoms with van der Waals surface area (Å²) in [6.07, 6.45) is 1.60. The fraction of sp³-hybridized carbons (Fsp3) is 0.333. The van der Waals surface area contributed by atoms with Crippen LogP contribution in [0.25, 0.3) is 0 Å². The van der Waals surface area contributed by atoms with Gasteiger partial charge in [0.1, 0.15) is 5.75 Å². The molecule has 0 spiro atoms. The summed E-state index contributed by atoms with van der Waals surface area (Å²) >= 11 is 0. The Morgan fingerprint density at radius 1 is 1.38 bits per heavy atom. The van der Waals surface area contributed by atoms with Crippen LogP contribution in [0.3, 0.4) is 0 Å². The monoisotopic (exact) mass is 220 g/mol. The number of nitrogens with one attached hydrogen (secondary N) is 1. The number of hydrogen-bond donors (Lipinski definition) is 1. The molecule has 0 radical (unpaired) electrons. The van der Waals surface area contributed by atoms with Gasteiger partial charge in [-0.25, -0.2) is 5.43 Å². The van der Waals surface area contributed by atoms with E-state index in [4.69, 9.17) is 4.74 Å². The van der Waals surface area contributed by atoms with E-state index in [0.29, 0.717) is 0 Å². The molecule has 1 amide bonds. The van der Waals surface area contributed by atoms with Gasteiger partial charge in [0.25, 0.3) is 0 Å². The predicted molar refractivity (Wildman–Crippen MR) is 63.6 cm³/mol. The highest BCUT2D eigenvalue weighted by Gasteiger charge is 2.03. The maximum atomic E-state index is 11.2. The van der Waals surface area contributed by atoms with Crippen molar-refractivity contribution in [3.63, 3.8) is 0 Å². The first-order chi connectivity index (χ1) is 7.63. The molecule has 1 N–H and O–H groups in total. The third kappa shape index (κ3) is 3.73. The molecule has 1 aromatic carbocycles. The van der Waals surface area contributed by atoms with Gasteiger partial charge in [-0.1, -0.05) is 13.8 Å². The van der Waals surface area contributed by atoms with Crippen molar-refractivity contribution < 1.29 is 9.53 Å². The lowest BCUT2D eigenvalue weighted by Gasteiger charge is -2.01. The van der Waals surface area contributed by atoms with Crippen molar-refractivity contribution in [1.82, 2.24) is 5.43 Å². The molecule has 0 unspecified atom stereocenters. The van der Waals surface area contributed by atoms with E-state index in [2.05, 4.69) is 10.5 Å². The lowest BCUT2D eigenvalue weighted by Crippen LogP contribution is -2.22. The van der Waals surface area contributed by atoms with E-state index in [9.17, 15) is 4.79 Å². The molecular weight excluding hydrogens is 204 g/mol. The molecule has 0 aliphatic carbocycles. The molecule has 1 aromatic rings. The van der Waals surface area contributed by atoms with Gasteiger partial charge in [-0.2, -0.15) is 5.10 Å². The Morgan fingerprint density at radius 2 is 2.00 bits per heavy atom. The largest absolute Gasteiger partial charge is 0.497 e.